The van der Waals surface area contributed by atoms with E-state index in [0.717, 1.165) is 42.0 Å². The molecule has 0 amide bonds. The Hall–Kier alpha value is -4.33. The number of aromatic nitrogens is 5. The third-order valence-corrected chi connectivity index (χ3v) is 6.18. The molecule has 34 heavy (non-hydrogen) atoms. The first-order chi connectivity index (χ1) is 16.7. The predicted octanol–water partition coefficient (Wildman–Crippen LogP) is 5.04. The third-order valence-electron chi connectivity index (χ3n) is 6.18. The van der Waals surface area contributed by atoms with Crippen molar-refractivity contribution in [3.63, 3.8) is 0 Å². The molecule has 0 saturated carbocycles. The minimum absolute atomic E-state index is 0.0516. The van der Waals surface area contributed by atoms with Gasteiger partial charge in [0, 0.05) is 24.4 Å². The second-order valence-electron chi connectivity index (χ2n) is 8.32. The van der Waals surface area contributed by atoms with Gasteiger partial charge in [-0.05, 0) is 60.9 Å². The molecule has 1 aliphatic heterocycles. The van der Waals surface area contributed by atoms with Crippen molar-refractivity contribution in [3.8, 4) is 28.5 Å². The van der Waals surface area contributed by atoms with Crippen LogP contribution in [0.25, 0.3) is 28.3 Å². The molecule has 7 nitrogen and oxygen atoms in total. The molecule has 6 rings (SSSR count). The maximum atomic E-state index is 13.9. The van der Waals surface area contributed by atoms with E-state index < -0.39 is 0 Å². The normalized spacial score (nSPS) is 15.8. The van der Waals surface area contributed by atoms with Gasteiger partial charge >= 0.3 is 0 Å². The first-order valence-corrected chi connectivity index (χ1v) is 11.2. The minimum Gasteiger partial charge on any atom is -0.493 e. The summed E-state index contributed by atoms with van der Waals surface area (Å²) < 4.78 is 15.7. The van der Waals surface area contributed by atoms with Gasteiger partial charge in [-0.3, -0.25) is 0 Å². The summed E-state index contributed by atoms with van der Waals surface area (Å²) in [6, 6.07) is 19.9. The van der Waals surface area contributed by atoms with Crippen LogP contribution in [0.4, 0.5) is 10.2 Å². The quantitative estimate of drug-likeness (QED) is 0.412. The van der Waals surface area contributed by atoms with Gasteiger partial charge < -0.3 is 10.0 Å². The molecule has 8 heteroatoms. The average molecular weight is 452 g/mol. The second kappa shape index (κ2) is 8.22. The standard InChI is InChI=1S/C26H21FN6O/c27-19-5-1-4-18(14-19)22-8-3-13-32(22)25-10-9-24-29-16-23(33(24)31-25)21-7-2-6-20(30-21)17-11-12-28-26(34)15-17/h1-2,4-7,9-12,14-16,22H,3,8,13H2,(H,28,34). The first kappa shape index (κ1) is 20.3. The Labute approximate surface area is 195 Å². The highest BCUT2D eigenvalue weighted by molar-refractivity contribution is 5.66. The van der Waals surface area contributed by atoms with Crippen molar-refractivity contribution in [2.45, 2.75) is 18.9 Å². The maximum Gasteiger partial charge on any atom is 0.211 e. The number of benzene rings is 1. The van der Waals surface area contributed by atoms with E-state index >= 15 is 0 Å². The van der Waals surface area contributed by atoms with Crippen molar-refractivity contribution in [2.75, 3.05) is 11.4 Å². The van der Waals surface area contributed by atoms with E-state index in [9.17, 15) is 9.50 Å². The van der Waals surface area contributed by atoms with E-state index in [4.69, 9.17) is 10.1 Å². The zero-order chi connectivity index (χ0) is 23.1. The molecule has 1 saturated heterocycles. The number of nitrogens with zero attached hydrogens (tertiary/aromatic N) is 6. The Balaban J connectivity index is 1.39. The van der Waals surface area contributed by atoms with Crippen LogP contribution in [0.5, 0.6) is 5.88 Å². The highest BCUT2D eigenvalue weighted by atomic mass is 19.1. The fourth-order valence-corrected chi connectivity index (χ4v) is 4.61. The van der Waals surface area contributed by atoms with E-state index in [-0.39, 0.29) is 17.7 Å². The smallest absolute Gasteiger partial charge is 0.211 e. The molecule has 1 N–H and O–H groups in total. The number of aromatic hydroxyl groups is 1. The Morgan fingerprint density at radius 2 is 1.82 bits per heavy atom. The number of anilines is 1. The van der Waals surface area contributed by atoms with Crippen LogP contribution < -0.4 is 4.90 Å². The Morgan fingerprint density at radius 1 is 0.941 bits per heavy atom. The Kier molecular flexibility index (Phi) is 4.91. The fraction of sp³-hybridized carbons (Fsp3) is 0.154. The van der Waals surface area contributed by atoms with Gasteiger partial charge in [0.15, 0.2) is 5.65 Å². The second-order valence-corrected chi connectivity index (χ2v) is 8.32. The summed E-state index contributed by atoms with van der Waals surface area (Å²) in [5.41, 5.74) is 4.64. The summed E-state index contributed by atoms with van der Waals surface area (Å²) in [5, 5.41) is 14.6. The molecule has 1 aromatic carbocycles. The molecule has 5 aromatic rings. The van der Waals surface area contributed by atoms with E-state index in [1.807, 2.05) is 36.4 Å². The Bertz CT molecular complexity index is 1500. The van der Waals surface area contributed by atoms with E-state index in [1.165, 1.54) is 6.07 Å². The molecule has 0 aliphatic carbocycles. The van der Waals surface area contributed by atoms with E-state index in [1.54, 1.807) is 41.2 Å². The maximum absolute atomic E-state index is 13.9. The number of imidazole rings is 1. The number of rotatable bonds is 4. The van der Waals surface area contributed by atoms with E-state index in [2.05, 4.69) is 14.9 Å². The highest BCUT2D eigenvalue weighted by Gasteiger charge is 2.28. The van der Waals surface area contributed by atoms with Crippen molar-refractivity contribution in [1.82, 2.24) is 24.6 Å². The van der Waals surface area contributed by atoms with E-state index in [0.29, 0.717) is 17.0 Å². The summed E-state index contributed by atoms with van der Waals surface area (Å²) >= 11 is 0. The van der Waals surface area contributed by atoms with Gasteiger partial charge in [0.25, 0.3) is 0 Å². The number of hydrogen-bond donors (Lipinski definition) is 1. The molecular formula is C26H21FN6O. The van der Waals surface area contributed by atoms with Gasteiger partial charge in [-0.2, -0.15) is 0 Å². The van der Waals surface area contributed by atoms with Crippen LogP contribution in [0.15, 0.2) is 79.1 Å². The van der Waals surface area contributed by atoms with Crippen molar-refractivity contribution < 1.29 is 9.50 Å². The van der Waals surface area contributed by atoms with Crippen molar-refractivity contribution in [1.29, 1.82) is 0 Å². The molecule has 4 aromatic heterocycles. The monoisotopic (exact) mass is 452 g/mol. The molecular weight excluding hydrogens is 431 g/mol. The lowest BCUT2D eigenvalue weighted by atomic mass is 10.0. The molecule has 1 aliphatic rings. The average Bonchev–Trinajstić information content (AvgIpc) is 3.51. The lowest BCUT2D eigenvalue weighted by molar-refractivity contribution is 0.454. The lowest BCUT2D eigenvalue weighted by Gasteiger charge is -2.26. The third kappa shape index (κ3) is 3.63. The zero-order valence-corrected chi connectivity index (χ0v) is 18.2. The van der Waals surface area contributed by atoms with Crippen LogP contribution in [0, 0.1) is 5.82 Å². The van der Waals surface area contributed by atoms with Crippen molar-refractivity contribution in [3.05, 3.63) is 90.5 Å². The summed E-state index contributed by atoms with van der Waals surface area (Å²) in [6.45, 7) is 0.850. The van der Waals surface area contributed by atoms with Gasteiger partial charge in [0.2, 0.25) is 5.88 Å². The number of halogens is 1. The molecule has 0 bridgehead atoms. The molecule has 1 atom stereocenters. The van der Waals surface area contributed by atoms with Crippen LogP contribution in [0.2, 0.25) is 0 Å². The summed E-state index contributed by atoms with van der Waals surface area (Å²) in [4.78, 5) is 15.4. The number of fused-ring (bicyclic) bond motifs is 1. The zero-order valence-electron chi connectivity index (χ0n) is 18.2. The topological polar surface area (TPSA) is 79.4 Å². The van der Waals surface area contributed by atoms with Crippen molar-refractivity contribution in [2.24, 2.45) is 0 Å². The largest absolute Gasteiger partial charge is 0.493 e. The van der Waals surface area contributed by atoms with Gasteiger partial charge in [0.05, 0.1) is 23.6 Å². The molecule has 5 heterocycles. The molecule has 168 valence electrons. The SMILES string of the molecule is Oc1cc(-c2cccc(-c3cnc4ccc(N5CCCC5c5cccc(F)c5)nn34)n2)ccn1. The minimum atomic E-state index is -0.224. The summed E-state index contributed by atoms with van der Waals surface area (Å²) in [5.74, 6) is 0.538. The van der Waals surface area contributed by atoms with Crippen LogP contribution in [0.3, 0.4) is 0 Å². The molecule has 0 radical (unpaired) electrons. The van der Waals surface area contributed by atoms with Crippen LogP contribution in [-0.2, 0) is 0 Å². The van der Waals surface area contributed by atoms with Crippen LogP contribution in [-0.4, -0.2) is 36.2 Å². The predicted molar refractivity (Wildman–Crippen MR) is 127 cm³/mol. The van der Waals surface area contributed by atoms with Gasteiger partial charge in [-0.25, -0.2) is 23.9 Å². The van der Waals surface area contributed by atoms with Gasteiger partial charge in [-0.15, -0.1) is 5.10 Å². The number of pyridine rings is 2. The van der Waals surface area contributed by atoms with Crippen molar-refractivity contribution >= 4 is 11.5 Å². The highest BCUT2D eigenvalue weighted by Crippen LogP contribution is 2.35. The van der Waals surface area contributed by atoms with Crippen LogP contribution >= 0.6 is 0 Å². The van der Waals surface area contributed by atoms with Crippen LogP contribution in [0.1, 0.15) is 24.4 Å². The fourth-order valence-electron chi connectivity index (χ4n) is 4.61. The Morgan fingerprint density at radius 3 is 2.71 bits per heavy atom. The first-order valence-electron chi connectivity index (χ1n) is 11.2. The lowest BCUT2D eigenvalue weighted by Crippen LogP contribution is -2.24. The molecule has 0 spiro atoms. The molecule has 1 unspecified atom stereocenters. The summed E-state index contributed by atoms with van der Waals surface area (Å²) in [6.07, 6.45) is 5.27. The summed E-state index contributed by atoms with van der Waals surface area (Å²) in [7, 11) is 0. The molecule has 1 fully saturated rings. The number of hydrogen-bond acceptors (Lipinski definition) is 6. The van der Waals surface area contributed by atoms with Gasteiger partial charge in [0.1, 0.15) is 17.3 Å². The van der Waals surface area contributed by atoms with Gasteiger partial charge in [-0.1, -0.05) is 18.2 Å².